The Morgan fingerprint density at radius 3 is 2.74 bits per heavy atom. The van der Waals surface area contributed by atoms with Crippen LogP contribution in [-0.2, 0) is 9.47 Å². The number of hydrogen-bond donors (Lipinski definition) is 0. The zero-order valence-electron chi connectivity index (χ0n) is 11.0. The van der Waals surface area contributed by atoms with Crippen molar-refractivity contribution in [2.45, 2.75) is 26.2 Å². The Morgan fingerprint density at radius 2 is 2.16 bits per heavy atom. The molecular weight excluding hydrogens is 264 g/mol. The molecule has 0 atom stereocenters. The minimum atomic E-state index is -0.496. The standard InChI is InChI=1S/C14H16O4S/c1-3-18-14(16)11-10(13(15)17-2)8-19-12(11)9-6-4-5-7-9/h6,8H,3-5,7H2,1-2H3. The first kappa shape index (κ1) is 13.8. The van der Waals surface area contributed by atoms with Crippen molar-refractivity contribution >= 4 is 28.8 Å². The van der Waals surface area contributed by atoms with Gasteiger partial charge in [0, 0.05) is 10.3 Å². The van der Waals surface area contributed by atoms with Gasteiger partial charge in [-0.15, -0.1) is 11.3 Å². The molecule has 0 bridgehead atoms. The van der Waals surface area contributed by atoms with Crippen LogP contribution in [0.15, 0.2) is 11.5 Å². The van der Waals surface area contributed by atoms with E-state index in [4.69, 9.17) is 9.47 Å². The highest BCUT2D eigenvalue weighted by Gasteiger charge is 2.27. The molecule has 5 heteroatoms. The van der Waals surface area contributed by atoms with Crippen LogP contribution >= 0.6 is 11.3 Å². The maximum absolute atomic E-state index is 12.1. The van der Waals surface area contributed by atoms with E-state index in [0.29, 0.717) is 11.1 Å². The van der Waals surface area contributed by atoms with E-state index in [9.17, 15) is 9.59 Å². The lowest BCUT2D eigenvalue weighted by Gasteiger charge is -2.06. The maximum Gasteiger partial charge on any atom is 0.340 e. The molecular formula is C14H16O4S. The number of thiophene rings is 1. The summed E-state index contributed by atoms with van der Waals surface area (Å²) in [5.41, 5.74) is 1.78. The Morgan fingerprint density at radius 1 is 1.37 bits per heavy atom. The van der Waals surface area contributed by atoms with Gasteiger partial charge >= 0.3 is 11.9 Å². The molecule has 1 aromatic rings. The van der Waals surface area contributed by atoms with Crippen LogP contribution in [0, 0.1) is 0 Å². The third kappa shape index (κ3) is 2.71. The van der Waals surface area contributed by atoms with Crippen LogP contribution in [-0.4, -0.2) is 25.7 Å². The van der Waals surface area contributed by atoms with Gasteiger partial charge in [-0.3, -0.25) is 0 Å². The maximum atomic E-state index is 12.1. The summed E-state index contributed by atoms with van der Waals surface area (Å²) in [6.07, 6.45) is 5.16. The number of hydrogen-bond acceptors (Lipinski definition) is 5. The Labute approximate surface area is 116 Å². The summed E-state index contributed by atoms with van der Waals surface area (Å²) in [4.78, 5) is 24.6. The van der Waals surface area contributed by atoms with E-state index >= 15 is 0 Å². The molecule has 0 saturated heterocycles. The zero-order chi connectivity index (χ0) is 13.8. The lowest BCUT2D eigenvalue weighted by molar-refractivity contribution is 0.0505. The first-order valence-corrected chi connectivity index (χ1v) is 7.13. The number of carbonyl (C=O) groups is 2. The second kappa shape index (κ2) is 6.02. The summed E-state index contributed by atoms with van der Waals surface area (Å²) < 4.78 is 9.78. The average molecular weight is 280 g/mol. The van der Waals surface area contributed by atoms with Crippen LogP contribution in [0.3, 0.4) is 0 Å². The van der Waals surface area contributed by atoms with Gasteiger partial charge in [0.05, 0.1) is 24.8 Å². The number of carbonyl (C=O) groups excluding carboxylic acids is 2. The molecule has 4 nitrogen and oxygen atoms in total. The molecule has 2 rings (SSSR count). The molecule has 1 aromatic heterocycles. The Kier molecular flexibility index (Phi) is 4.37. The van der Waals surface area contributed by atoms with E-state index in [1.165, 1.54) is 18.4 Å². The van der Waals surface area contributed by atoms with Crippen molar-refractivity contribution in [3.63, 3.8) is 0 Å². The molecule has 0 N–H and O–H groups in total. The van der Waals surface area contributed by atoms with Crippen LogP contribution in [0.4, 0.5) is 0 Å². The number of methoxy groups -OCH3 is 1. The van der Waals surface area contributed by atoms with Crippen molar-refractivity contribution in [1.82, 2.24) is 0 Å². The van der Waals surface area contributed by atoms with Gasteiger partial charge in [-0.1, -0.05) is 6.08 Å². The first-order chi connectivity index (χ1) is 9.19. The Balaban J connectivity index is 2.46. The Bertz CT molecular complexity index is 528. The van der Waals surface area contributed by atoms with Gasteiger partial charge < -0.3 is 9.47 Å². The van der Waals surface area contributed by atoms with Crippen molar-refractivity contribution in [1.29, 1.82) is 0 Å². The molecule has 0 radical (unpaired) electrons. The Hall–Kier alpha value is -1.62. The predicted octanol–water partition coefficient (Wildman–Crippen LogP) is 3.28. The van der Waals surface area contributed by atoms with Gasteiger partial charge in [0.1, 0.15) is 0 Å². The third-order valence-corrected chi connectivity index (χ3v) is 4.06. The van der Waals surface area contributed by atoms with Gasteiger partial charge in [-0.2, -0.15) is 0 Å². The van der Waals surface area contributed by atoms with Gasteiger partial charge in [-0.05, 0) is 31.8 Å². The quantitative estimate of drug-likeness (QED) is 0.794. The van der Waals surface area contributed by atoms with Gasteiger partial charge in [0.15, 0.2) is 0 Å². The molecule has 1 aliphatic carbocycles. The van der Waals surface area contributed by atoms with Crippen molar-refractivity contribution in [2.75, 3.05) is 13.7 Å². The fraction of sp³-hybridized carbons (Fsp3) is 0.429. The molecule has 0 spiro atoms. The summed E-state index contributed by atoms with van der Waals surface area (Å²) >= 11 is 1.40. The lowest BCUT2D eigenvalue weighted by Crippen LogP contribution is -2.12. The van der Waals surface area contributed by atoms with Gasteiger partial charge in [0.2, 0.25) is 0 Å². The summed E-state index contributed by atoms with van der Waals surface area (Å²) in [6.45, 7) is 2.03. The van der Waals surface area contributed by atoms with Crippen molar-refractivity contribution < 1.29 is 19.1 Å². The highest BCUT2D eigenvalue weighted by atomic mass is 32.1. The lowest BCUT2D eigenvalue weighted by atomic mass is 10.1. The molecule has 0 fully saturated rings. The molecule has 102 valence electrons. The predicted molar refractivity (Wildman–Crippen MR) is 73.4 cm³/mol. The van der Waals surface area contributed by atoms with E-state index < -0.39 is 11.9 Å². The van der Waals surface area contributed by atoms with E-state index in [0.717, 1.165) is 29.7 Å². The van der Waals surface area contributed by atoms with Crippen LogP contribution < -0.4 is 0 Å². The van der Waals surface area contributed by atoms with E-state index in [-0.39, 0.29) is 6.61 Å². The van der Waals surface area contributed by atoms with Crippen LogP contribution in [0.2, 0.25) is 0 Å². The number of allylic oxidation sites excluding steroid dienone is 2. The molecule has 0 aromatic carbocycles. The fourth-order valence-corrected chi connectivity index (χ4v) is 3.24. The second-order valence-electron chi connectivity index (χ2n) is 4.19. The van der Waals surface area contributed by atoms with E-state index in [1.54, 1.807) is 12.3 Å². The van der Waals surface area contributed by atoms with Crippen LogP contribution in [0.25, 0.3) is 5.57 Å². The zero-order valence-corrected chi connectivity index (χ0v) is 11.8. The summed E-state index contributed by atoms with van der Waals surface area (Å²) in [6, 6.07) is 0. The smallest absolute Gasteiger partial charge is 0.340 e. The highest BCUT2D eigenvalue weighted by molar-refractivity contribution is 7.11. The minimum absolute atomic E-state index is 0.285. The highest BCUT2D eigenvalue weighted by Crippen LogP contribution is 2.36. The number of ether oxygens (including phenoxy) is 2. The average Bonchev–Trinajstić information content (AvgIpc) is 3.06. The molecule has 19 heavy (non-hydrogen) atoms. The van der Waals surface area contributed by atoms with Crippen molar-refractivity contribution in [3.8, 4) is 0 Å². The van der Waals surface area contributed by atoms with Gasteiger partial charge in [-0.25, -0.2) is 9.59 Å². The molecule has 0 aliphatic heterocycles. The van der Waals surface area contributed by atoms with E-state index in [2.05, 4.69) is 6.08 Å². The SMILES string of the molecule is CCOC(=O)c1c(C(=O)OC)csc1C1=CCCC1. The third-order valence-electron chi connectivity index (χ3n) is 3.01. The normalized spacial score (nSPS) is 14.1. The summed E-state index contributed by atoms with van der Waals surface area (Å²) in [5.74, 6) is -0.948. The van der Waals surface area contributed by atoms with E-state index in [1.807, 2.05) is 0 Å². The van der Waals surface area contributed by atoms with Crippen LogP contribution in [0.5, 0.6) is 0 Å². The summed E-state index contributed by atoms with van der Waals surface area (Å²) in [5, 5.41) is 1.67. The molecule has 1 aliphatic rings. The van der Waals surface area contributed by atoms with Gasteiger partial charge in [0.25, 0.3) is 0 Å². The molecule has 0 amide bonds. The number of esters is 2. The molecule has 0 unspecified atom stereocenters. The topological polar surface area (TPSA) is 52.6 Å². The molecule has 0 saturated carbocycles. The fourth-order valence-electron chi connectivity index (χ4n) is 2.14. The first-order valence-electron chi connectivity index (χ1n) is 6.25. The van der Waals surface area contributed by atoms with Crippen molar-refractivity contribution in [2.24, 2.45) is 0 Å². The van der Waals surface area contributed by atoms with Crippen molar-refractivity contribution in [3.05, 3.63) is 27.5 Å². The van der Waals surface area contributed by atoms with Crippen LogP contribution in [0.1, 0.15) is 51.8 Å². The molecule has 1 heterocycles. The minimum Gasteiger partial charge on any atom is -0.465 e. The number of rotatable bonds is 4. The largest absolute Gasteiger partial charge is 0.465 e. The summed E-state index contributed by atoms with van der Waals surface area (Å²) in [7, 11) is 1.31. The second-order valence-corrected chi connectivity index (χ2v) is 5.07. The monoisotopic (exact) mass is 280 g/mol.